The van der Waals surface area contributed by atoms with Crippen LogP contribution in [0.3, 0.4) is 0 Å². The fourth-order valence-electron chi connectivity index (χ4n) is 1.48. The third kappa shape index (κ3) is 3.97. The van der Waals surface area contributed by atoms with Crippen molar-refractivity contribution in [1.29, 1.82) is 0 Å². The first-order valence-corrected chi connectivity index (χ1v) is 7.52. The number of para-hydroxylation sites is 1. The number of nitrogens with one attached hydrogen (secondary N) is 2. The Morgan fingerprint density at radius 1 is 1.33 bits per heavy atom. The standard InChI is InChI=1S/C12H21N3O2S/c1-3-15-18(16,17)12-7-5-4-6-11(12)14-9-10(2)8-13/h4-7,10,14-15H,3,8-9,13H2,1-2H3. The Morgan fingerprint density at radius 2 is 2.00 bits per heavy atom. The number of anilines is 1. The number of hydrogen-bond donors (Lipinski definition) is 3. The molecule has 0 radical (unpaired) electrons. The molecule has 0 spiro atoms. The van der Waals surface area contributed by atoms with Gasteiger partial charge in [-0.1, -0.05) is 26.0 Å². The molecule has 0 amide bonds. The van der Waals surface area contributed by atoms with E-state index in [4.69, 9.17) is 5.73 Å². The van der Waals surface area contributed by atoms with Gasteiger partial charge in [-0.25, -0.2) is 13.1 Å². The van der Waals surface area contributed by atoms with E-state index in [2.05, 4.69) is 10.0 Å². The molecule has 1 unspecified atom stereocenters. The van der Waals surface area contributed by atoms with E-state index in [-0.39, 0.29) is 4.90 Å². The van der Waals surface area contributed by atoms with Crippen LogP contribution in [0, 0.1) is 5.92 Å². The second-order valence-corrected chi connectivity index (χ2v) is 5.95. The molecule has 102 valence electrons. The maximum atomic E-state index is 12.0. The summed E-state index contributed by atoms with van der Waals surface area (Å²) in [6.07, 6.45) is 0. The Bertz CT molecular complexity index is 474. The van der Waals surface area contributed by atoms with Gasteiger partial charge in [-0.05, 0) is 24.6 Å². The van der Waals surface area contributed by atoms with Gasteiger partial charge in [-0.15, -0.1) is 0 Å². The Hall–Kier alpha value is -1.11. The lowest BCUT2D eigenvalue weighted by Gasteiger charge is -2.15. The van der Waals surface area contributed by atoms with E-state index in [1.54, 1.807) is 31.2 Å². The van der Waals surface area contributed by atoms with Crippen molar-refractivity contribution in [2.24, 2.45) is 11.7 Å². The number of sulfonamides is 1. The fourth-order valence-corrected chi connectivity index (χ4v) is 2.71. The predicted octanol–water partition coefficient (Wildman–Crippen LogP) is 0.991. The molecule has 4 N–H and O–H groups in total. The van der Waals surface area contributed by atoms with Gasteiger partial charge in [-0.3, -0.25) is 0 Å². The van der Waals surface area contributed by atoms with Gasteiger partial charge in [0.05, 0.1) is 5.69 Å². The summed E-state index contributed by atoms with van der Waals surface area (Å²) in [4.78, 5) is 0.274. The fraction of sp³-hybridized carbons (Fsp3) is 0.500. The summed E-state index contributed by atoms with van der Waals surface area (Å²) in [6.45, 7) is 5.35. The minimum Gasteiger partial charge on any atom is -0.384 e. The van der Waals surface area contributed by atoms with Gasteiger partial charge in [0.1, 0.15) is 4.90 Å². The lowest BCUT2D eigenvalue weighted by Crippen LogP contribution is -2.25. The van der Waals surface area contributed by atoms with Crippen LogP contribution >= 0.6 is 0 Å². The van der Waals surface area contributed by atoms with Crippen molar-refractivity contribution in [3.05, 3.63) is 24.3 Å². The zero-order chi connectivity index (χ0) is 13.6. The van der Waals surface area contributed by atoms with Crippen molar-refractivity contribution >= 4 is 15.7 Å². The highest BCUT2D eigenvalue weighted by Gasteiger charge is 2.16. The third-order valence-electron chi connectivity index (χ3n) is 2.55. The molecule has 0 heterocycles. The van der Waals surface area contributed by atoms with Crippen LogP contribution in [0.2, 0.25) is 0 Å². The summed E-state index contributed by atoms with van der Waals surface area (Å²) in [5.41, 5.74) is 6.15. The van der Waals surface area contributed by atoms with Gasteiger partial charge in [0.15, 0.2) is 0 Å². The second-order valence-electron chi connectivity index (χ2n) is 4.22. The van der Waals surface area contributed by atoms with Crippen LogP contribution in [0.5, 0.6) is 0 Å². The van der Waals surface area contributed by atoms with Crippen molar-refractivity contribution in [2.45, 2.75) is 18.7 Å². The molecule has 18 heavy (non-hydrogen) atoms. The highest BCUT2D eigenvalue weighted by molar-refractivity contribution is 7.89. The molecule has 0 aliphatic carbocycles. The predicted molar refractivity (Wildman–Crippen MR) is 74.0 cm³/mol. The zero-order valence-corrected chi connectivity index (χ0v) is 11.6. The smallest absolute Gasteiger partial charge is 0.242 e. The van der Waals surface area contributed by atoms with E-state index < -0.39 is 10.0 Å². The van der Waals surface area contributed by atoms with Crippen LogP contribution in [-0.2, 0) is 10.0 Å². The van der Waals surface area contributed by atoms with Crippen LogP contribution in [0.4, 0.5) is 5.69 Å². The topological polar surface area (TPSA) is 84.2 Å². The van der Waals surface area contributed by atoms with Crippen LogP contribution in [0.15, 0.2) is 29.2 Å². The molecule has 0 aromatic heterocycles. The third-order valence-corrected chi connectivity index (χ3v) is 4.16. The molecular formula is C12H21N3O2S. The maximum Gasteiger partial charge on any atom is 0.242 e. The molecule has 6 heteroatoms. The lowest BCUT2D eigenvalue weighted by atomic mass is 10.2. The molecule has 0 aliphatic rings. The van der Waals surface area contributed by atoms with E-state index in [1.165, 1.54) is 0 Å². The first kappa shape index (κ1) is 14.9. The van der Waals surface area contributed by atoms with E-state index in [0.717, 1.165) is 0 Å². The molecule has 0 aliphatic heterocycles. The summed E-state index contributed by atoms with van der Waals surface area (Å²) in [6, 6.07) is 6.86. The van der Waals surface area contributed by atoms with Gasteiger partial charge in [0.25, 0.3) is 0 Å². The Morgan fingerprint density at radius 3 is 2.61 bits per heavy atom. The monoisotopic (exact) mass is 271 g/mol. The quantitative estimate of drug-likeness (QED) is 0.690. The summed E-state index contributed by atoms with van der Waals surface area (Å²) < 4.78 is 26.5. The van der Waals surface area contributed by atoms with Crippen molar-refractivity contribution in [3.63, 3.8) is 0 Å². The Balaban J connectivity index is 2.93. The molecular weight excluding hydrogens is 250 g/mol. The van der Waals surface area contributed by atoms with Crippen LogP contribution in [0.25, 0.3) is 0 Å². The van der Waals surface area contributed by atoms with Crippen LogP contribution < -0.4 is 15.8 Å². The van der Waals surface area contributed by atoms with E-state index in [1.807, 2.05) is 6.92 Å². The molecule has 0 saturated heterocycles. The van der Waals surface area contributed by atoms with Gasteiger partial charge in [0.2, 0.25) is 10.0 Å². The minimum atomic E-state index is -3.44. The average molecular weight is 271 g/mol. The molecule has 0 saturated carbocycles. The normalized spacial score (nSPS) is 13.3. The summed E-state index contributed by atoms with van der Waals surface area (Å²) in [5.74, 6) is 0.292. The van der Waals surface area contributed by atoms with Crippen molar-refractivity contribution < 1.29 is 8.42 Å². The van der Waals surface area contributed by atoms with Crippen LogP contribution in [-0.4, -0.2) is 28.1 Å². The molecule has 5 nitrogen and oxygen atoms in total. The Kier molecular flexibility index (Phi) is 5.58. The summed E-state index contributed by atoms with van der Waals surface area (Å²) in [7, 11) is -3.44. The maximum absolute atomic E-state index is 12.0. The SMILES string of the molecule is CCNS(=O)(=O)c1ccccc1NCC(C)CN. The number of nitrogens with two attached hydrogens (primary N) is 1. The number of benzene rings is 1. The van der Waals surface area contributed by atoms with Crippen molar-refractivity contribution in [2.75, 3.05) is 25.0 Å². The molecule has 1 aromatic rings. The second kappa shape index (κ2) is 6.72. The van der Waals surface area contributed by atoms with Crippen LogP contribution in [0.1, 0.15) is 13.8 Å². The van der Waals surface area contributed by atoms with E-state index >= 15 is 0 Å². The van der Waals surface area contributed by atoms with Gasteiger partial charge in [0, 0.05) is 13.1 Å². The van der Waals surface area contributed by atoms with Crippen molar-refractivity contribution in [3.8, 4) is 0 Å². The molecule has 1 rings (SSSR count). The molecule has 0 bridgehead atoms. The molecule has 1 atom stereocenters. The first-order valence-electron chi connectivity index (χ1n) is 6.04. The largest absolute Gasteiger partial charge is 0.384 e. The summed E-state index contributed by atoms with van der Waals surface area (Å²) >= 11 is 0. The Labute approximate surface area is 109 Å². The van der Waals surface area contributed by atoms with Gasteiger partial charge >= 0.3 is 0 Å². The van der Waals surface area contributed by atoms with E-state index in [0.29, 0.717) is 31.2 Å². The highest BCUT2D eigenvalue weighted by atomic mass is 32.2. The number of rotatable bonds is 7. The minimum absolute atomic E-state index is 0.274. The first-order chi connectivity index (χ1) is 8.51. The number of hydrogen-bond acceptors (Lipinski definition) is 4. The van der Waals surface area contributed by atoms with Gasteiger partial charge < -0.3 is 11.1 Å². The summed E-state index contributed by atoms with van der Waals surface area (Å²) in [5, 5.41) is 3.13. The highest BCUT2D eigenvalue weighted by Crippen LogP contribution is 2.20. The van der Waals surface area contributed by atoms with Crippen molar-refractivity contribution in [1.82, 2.24) is 4.72 Å². The van der Waals surface area contributed by atoms with Gasteiger partial charge in [-0.2, -0.15) is 0 Å². The van der Waals surface area contributed by atoms with E-state index in [9.17, 15) is 8.42 Å². The lowest BCUT2D eigenvalue weighted by molar-refractivity contribution is 0.583. The molecule has 0 fully saturated rings. The average Bonchev–Trinajstić information content (AvgIpc) is 2.36. The molecule has 1 aromatic carbocycles. The zero-order valence-electron chi connectivity index (χ0n) is 10.8.